The second-order valence-electron chi connectivity index (χ2n) is 0.283. The Morgan fingerprint density at radius 1 is 1.33 bits per heavy atom. The summed E-state index contributed by atoms with van der Waals surface area (Å²) in [7, 11) is 0. The minimum atomic E-state index is -1.83. The Labute approximate surface area is 67.1 Å². The van der Waals surface area contributed by atoms with Crippen molar-refractivity contribution in [3.63, 3.8) is 0 Å². The van der Waals surface area contributed by atoms with Gasteiger partial charge in [-0.2, -0.15) is 0 Å². The van der Waals surface area contributed by atoms with E-state index in [2.05, 4.69) is 0 Å². The fraction of sp³-hybridized carbons (Fsp3) is 0. The van der Waals surface area contributed by atoms with Gasteiger partial charge in [-0.3, -0.25) is 4.70 Å². The van der Waals surface area contributed by atoms with E-state index >= 15 is 0 Å². The van der Waals surface area contributed by atoms with Crippen LogP contribution >= 0.6 is 0 Å². The Morgan fingerprint density at radius 2 is 1.33 bits per heavy atom. The number of halogens is 1. The van der Waals surface area contributed by atoms with Crippen LogP contribution in [-0.4, -0.2) is 16.4 Å². The summed E-state index contributed by atoms with van der Waals surface area (Å²) in [5, 5.41) is 13.9. The molecule has 0 amide bonds. The molecule has 5 heteroatoms. The van der Waals surface area contributed by atoms with E-state index in [-0.39, 0.29) is 46.5 Å². The minimum Gasteiger partial charge on any atom is -0.450 e. The van der Waals surface area contributed by atoms with Gasteiger partial charge in [0.05, 0.1) is 0 Å². The van der Waals surface area contributed by atoms with Gasteiger partial charge in [0.15, 0.2) is 0 Å². The van der Waals surface area contributed by atoms with Crippen molar-refractivity contribution in [3.05, 3.63) is 0 Å². The van der Waals surface area contributed by atoms with Crippen molar-refractivity contribution in [2.45, 2.75) is 0 Å². The van der Waals surface area contributed by atoms with Crippen LogP contribution in [0.2, 0.25) is 0 Å². The third-order valence-electron chi connectivity index (χ3n) is 0. The third-order valence-corrected chi connectivity index (χ3v) is 0. The minimum absolute atomic E-state index is 0. The first-order valence-corrected chi connectivity index (χ1v) is 0.651. The summed E-state index contributed by atoms with van der Waals surface area (Å²) < 4.78 is 0. The molecule has 0 aliphatic heterocycles. The van der Waals surface area contributed by atoms with Crippen LogP contribution in [0.15, 0.2) is 0 Å². The van der Waals surface area contributed by atoms with E-state index in [0.29, 0.717) is 0 Å². The fourth-order valence-electron chi connectivity index (χ4n) is 0. The SMILES string of the molecule is F.O=C(O)O.[Ce]. The summed E-state index contributed by atoms with van der Waals surface area (Å²) in [5.74, 6) is 0. The van der Waals surface area contributed by atoms with E-state index in [4.69, 9.17) is 15.0 Å². The summed E-state index contributed by atoms with van der Waals surface area (Å²) in [5.41, 5.74) is 0. The van der Waals surface area contributed by atoms with E-state index in [1.54, 1.807) is 0 Å². The van der Waals surface area contributed by atoms with Gasteiger partial charge in [0.25, 0.3) is 0 Å². The molecular weight excluding hydrogens is 219 g/mol. The zero-order chi connectivity index (χ0) is 3.58. The van der Waals surface area contributed by atoms with Gasteiger partial charge in [0.1, 0.15) is 0 Å². The molecule has 0 bridgehead atoms. The first-order chi connectivity index (χ1) is 1.73. The van der Waals surface area contributed by atoms with Crippen LogP contribution in [0.4, 0.5) is 9.50 Å². The van der Waals surface area contributed by atoms with E-state index in [1.165, 1.54) is 0 Å². The molecule has 6 heavy (non-hydrogen) atoms. The maximum atomic E-state index is 8.56. The van der Waals surface area contributed by atoms with Crippen LogP contribution in [0.5, 0.6) is 0 Å². The largest absolute Gasteiger partial charge is 0.503 e. The van der Waals surface area contributed by atoms with Gasteiger partial charge in [-0.25, -0.2) is 4.79 Å². The second-order valence-corrected chi connectivity index (χ2v) is 0.283. The average molecular weight is 222 g/mol. The van der Waals surface area contributed by atoms with Gasteiger partial charge in [-0.05, 0) is 0 Å². The van der Waals surface area contributed by atoms with E-state index in [9.17, 15) is 0 Å². The van der Waals surface area contributed by atoms with Crippen molar-refractivity contribution in [3.8, 4) is 0 Å². The van der Waals surface area contributed by atoms with Gasteiger partial charge in [-0.15, -0.1) is 0 Å². The van der Waals surface area contributed by atoms with Crippen LogP contribution in [-0.2, 0) is 0 Å². The number of carbonyl (C=O) groups is 1. The molecule has 0 aromatic carbocycles. The predicted octanol–water partition coefficient (Wildman–Crippen LogP) is 0.375. The van der Waals surface area contributed by atoms with Crippen molar-refractivity contribution in [1.82, 2.24) is 0 Å². The van der Waals surface area contributed by atoms with Gasteiger partial charge in [-0.1, -0.05) is 0 Å². The molecule has 0 unspecified atom stereocenters. The van der Waals surface area contributed by atoms with E-state index in [1.807, 2.05) is 0 Å². The molecule has 0 rings (SSSR count). The van der Waals surface area contributed by atoms with Crippen molar-refractivity contribution in [1.29, 1.82) is 0 Å². The molecule has 0 spiro atoms. The normalized spacial score (nSPS) is 4.00. The molecular formula is CH3CeFO3. The van der Waals surface area contributed by atoms with Crippen molar-refractivity contribution >= 4 is 6.16 Å². The zero-order valence-corrected chi connectivity index (χ0v) is 5.85. The van der Waals surface area contributed by atoms with Crippen molar-refractivity contribution in [2.75, 3.05) is 0 Å². The molecule has 0 aromatic rings. The van der Waals surface area contributed by atoms with Crippen LogP contribution in [0.3, 0.4) is 0 Å². The quantitative estimate of drug-likeness (QED) is 0.622. The van der Waals surface area contributed by atoms with Gasteiger partial charge in [0.2, 0.25) is 0 Å². The van der Waals surface area contributed by atoms with Gasteiger partial charge in [0, 0.05) is 41.7 Å². The average Bonchev–Trinajstić information content (AvgIpc) is 0.811. The Bertz CT molecular complexity index is 33.8. The standard InChI is InChI=1S/CH2O3.Ce.FH/c2-1(3)4;;/h(H2,2,3,4);;1H. The Kier molecular flexibility index (Phi) is 24.3. The number of rotatable bonds is 0. The third kappa shape index (κ3) is 176. The summed E-state index contributed by atoms with van der Waals surface area (Å²) in [6.07, 6.45) is -1.83. The molecule has 0 aliphatic rings. The number of carboxylic acid groups (broad SMARTS) is 2. The molecule has 0 atom stereocenters. The van der Waals surface area contributed by atoms with Crippen LogP contribution < -0.4 is 0 Å². The molecule has 0 heterocycles. The van der Waals surface area contributed by atoms with Gasteiger partial charge < -0.3 is 10.2 Å². The van der Waals surface area contributed by atoms with E-state index in [0.717, 1.165) is 0 Å². The van der Waals surface area contributed by atoms with Crippen LogP contribution in [0.25, 0.3) is 0 Å². The summed E-state index contributed by atoms with van der Waals surface area (Å²) >= 11 is 0. The smallest absolute Gasteiger partial charge is 0.450 e. The first kappa shape index (κ1) is 16.0. The Balaban J connectivity index is -0.0000000450. The van der Waals surface area contributed by atoms with Crippen LogP contribution in [0, 0.1) is 41.7 Å². The molecule has 0 aliphatic carbocycles. The summed E-state index contributed by atoms with van der Waals surface area (Å²) in [4.78, 5) is 8.56. The molecule has 0 saturated heterocycles. The van der Waals surface area contributed by atoms with E-state index < -0.39 is 6.16 Å². The predicted molar refractivity (Wildman–Crippen MR) is 13.2 cm³/mol. The summed E-state index contributed by atoms with van der Waals surface area (Å²) in [6.45, 7) is 0. The second kappa shape index (κ2) is 9.13. The first-order valence-electron chi connectivity index (χ1n) is 0.651. The molecule has 0 saturated carbocycles. The van der Waals surface area contributed by atoms with Crippen molar-refractivity contribution in [2.24, 2.45) is 0 Å². The zero-order valence-electron chi connectivity index (χ0n) is 2.71. The monoisotopic (exact) mass is 222 g/mol. The topological polar surface area (TPSA) is 57.5 Å². The van der Waals surface area contributed by atoms with Crippen LogP contribution in [0.1, 0.15) is 0 Å². The summed E-state index contributed by atoms with van der Waals surface area (Å²) in [6, 6.07) is 0. The molecule has 0 aromatic heterocycles. The van der Waals surface area contributed by atoms with Gasteiger partial charge >= 0.3 is 6.16 Å². The molecule has 0 fully saturated rings. The maximum Gasteiger partial charge on any atom is 0.503 e. The molecule has 3 nitrogen and oxygen atoms in total. The Morgan fingerprint density at radius 3 is 1.33 bits per heavy atom. The molecule has 36 valence electrons. The Hall–Kier alpha value is 0.577. The molecule has 2 N–H and O–H groups in total. The fourth-order valence-corrected chi connectivity index (χ4v) is 0. The number of hydrogen-bond acceptors (Lipinski definition) is 1. The number of hydrogen-bond donors (Lipinski definition) is 2. The van der Waals surface area contributed by atoms with Crippen molar-refractivity contribution < 1.29 is 61.5 Å². The molecule has 0 radical (unpaired) electrons. The maximum absolute atomic E-state index is 8.56.